The van der Waals surface area contributed by atoms with E-state index in [0.29, 0.717) is 22.7 Å². The molecule has 4 rings (SSSR count). The predicted molar refractivity (Wildman–Crippen MR) is 148 cm³/mol. The van der Waals surface area contributed by atoms with Crippen LogP contribution in [0.4, 0.5) is 25.1 Å². The summed E-state index contributed by atoms with van der Waals surface area (Å²) in [6.45, 7) is 2.11. The number of aromatic nitrogens is 1. The number of amides is 2. The molecular weight excluding hydrogens is 550 g/mol. The topological polar surface area (TPSA) is 112 Å². The van der Waals surface area contributed by atoms with Crippen molar-refractivity contribution in [2.75, 3.05) is 29.6 Å². The molecule has 2 heterocycles. The van der Waals surface area contributed by atoms with Crippen LogP contribution in [0.25, 0.3) is 11.1 Å². The number of benzene rings is 2. The van der Waals surface area contributed by atoms with Crippen LogP contribution in [0.1, 0.15) is 35.2 Å². The second-order valence-electron chi connectivity index (χ2n) is 9.36. The Morgan fingerprint density at radius 1 is 1.15 bits per heavy atom. The van der Waals surface area contributed by atoms with Crippen LogP contribution in [-0.2, 0) is 9.73 Å². The Labute approximate surface area is 230 Å². The molecule has 0 spiro atoms. The van der Waals surface area contributed by atoms with Crippen LogP contribution in [0.15, 0.2) is 64.0 Å². The van der Waals surface area contributed by atoms with Crippen molar-refractivity contribution < 1.29 is 27.7 Å². The van der Waals surface area contributed by atoms with Gasteiger partial charge in [0.25, 0.3) is 5.91 Å². The molecule has 0 bridgehead atoms. The molecular formula is C27H27ClF2N4O4S. The fourth-order valence-electron chi connectivity index (χ4n) is 4.50. The van der Waals surface area contributed by atoms with Crippen molar-refractivity contribution in [1.29, 1.82) is 0 Å². The Morgan fingerprint density at radius 2 is 1.87 bits per heavy atom. The molecule has 1 fully saturated rings. The minimum Gasteiger partial charge on any atom is -0.463 e. The van der Waals surface area contributed by atoms with Gasteiger partial charge >= 0.3 is 6.09 Å². The van der Waals surface area contributed by atoms with Crippen LogP contribution >= 0.6 is 11.6 Å². The number of carbonyl (C=O) groups is 2. The summed E-state index contributed by atoms with van der Waals surface area (Å²) in [5.41, 5.74) is 2.51. The highest BCUT2D eigenvalue weighted by molar-refractivity contribution is 7.93. The van der Waals surface area contributed by atoms with Gasteiger partial charge in [0.05, 0.1) is 15.3 Å². The summed E-state index contributed by atoms with van der Waals surface area (Å²) in [7, 11) is -3.26. The minimum absolute atomic E-state index is 0.0318. The highest BCUT2D eigenvalue weighted by atomic mass is 35.5. The zero-order valence-corrected chi connectivity index (χ0v) is 22.9. The summed E-state index contributed by atoms with van der Waals surface area (Å²) in [6, 6.07) is 13.0. The van der Waals surface area contributed by atoms with Crippen molar-refractivity contribution in [3.8, 4) is 11.1 Å². The maximum Gasteiger partial charge on any atom is 0.439 e. The lowest BCUT2D eigenvalue weighted by molar-refractivity contribution is -0.0102. The third kappa shape index (κ3) is 6.72. The zero-order valence-electron chi connectivity index (χ0n) is 21.3. The fourth-order valence-corrected chi connectivity index (χ4v) is 5.71. The van der Waals surface area contributed by atoms with Crippen LogP contribution in [0, 0.1) is 6.92 Å². The van der Waals surface area contributed by atoms with Crippen LogP contribution in [0.2, 0.25) is 5.02 Å². The van der Waals surface area contributed by atoms with Gasteiger partial charge < -0.3 is 15.3 Å². The number of alkyl halides is 2. The van der Waals surface area contributed by atoms with Crippen molar-refractivity contribution >= 4 is 44.8 Å². The maximum atomic E-state index is 14.1. The summed E-state index contributed by atoms with van der Waals surface area (Å²) in [5, 5.41) is 12.3. The average molecular weight is 577 g/mol. The van der Waals surface area contributed by atoms with Crippen molar-refractivity contribution in [2.24, 2.45) is 4.36 Å². The summed E-state index contributed by atoms with van der Waals surface area (Å²) in [4.78, 5) is 31.2. The van der Waals surface area contributed by atoms with Crippen LogP contribution in [-0.4, -0.2) is 51.6 Å². The molecule has 12 heteroatoms. The number of rotatable bonds is 5. The Bertz CT molecular complexity index is 1540. The van der Waals surface area contributed by atoms with Gasteiger partial charge in [-0.15, -0.1) is 4.36 Å². The second-order valence-corrected chi connectivity index (χ2v) is 12.1. The van der Waals surface area contributed by atoms with E-state index in [9.17, 15) is 22.6 Å². The van der Waals surface area contributed by atoms with Crippen LogP contribution in [0.3, 0.4) is 0 Å². The first-order chi connectivity index (χ1) is 18.4. The fraction of sp³-hybridized carbons (Fsp3) is 0.296. The zero-order chi connectivity index (χ0) is 28.4. The van der Waals surface area contributed by atoms with Crippen LogP contribution < -0.4 is 10.2 Å². The van der Waals surface area contributed by atoms with E-state index in [0.717, 1.165) is 5.56 Å². The van der Waals surface area contributed by atoms with Crippen LogP contribution in [0.5, 0.6) is 0 Å². The first-order valence-electron chi connectivity index (χ1n) is 12.1. The summed E-state index contributed by atoms with van der Waals surface area (Å²) < 4.78 is 44.3. The molecule has 1 aliphatic heterocycles. The Hall–Kier alpha value is -3.57. The van der Waals surface area contributed by atoms with Gasteiger partial charge in [-0.2, -0.15) is 0 Å². The van der Waals surface area contributed by atoms with Gasteiger partial charge in [-0.05, 0) is 54.8 Å². The number of nitrogens with one attached hydrogen (secondary N) is 1. The molecule has 8 nitrogen and oxygen atoms in total. The molecule has 3 aromatic rings. The number of hydrogen-bond donors (Lipinski definition) is 2. The third-order valence-corrected chi connectivity index (χ3v) is 8.39. The number of halogens is 3. The third-order valence-electron chi connectivity index (χ3n) is 6.50. The standard InChI is InChI=1S/C27H27ClF2N4O4S/c1-17-22(18-7-9-19(28)10-8-18)16-31-24(34-13-4-11-27(29,30)12-14-34)23(17)25(35)32-20-5-3-6-21(15-20)39(2,38)33-26(36)37/h3,5-10,15-16H,4,11-14H2,1-2H3,(H,32,35)(H,36,37). The molecule has 1 aliphatic rings. The van der Waals surface area contributed by atoms with Gasteiger partial charge in [0.2, 0.25) is 5.92 Å². The lowest BCUT2D eigenvalue weighted by atomic mass is 9.97. The molecule has 39 heavy (non-hydrogen) atoms. The van der Waals surface area contributed by atoms with Crippen molar-refractivity contribution in [3.05, 3.63) is 70.9 Å². The normalized spacial score (nSPS) is 16.6. The number of carboxylic acid groups (broad SMARTS) is 1. The van der Waals surface area contributed by atoms with Crippen molar-refractivity contribution in [3.63, 3.8) is 0 Å². The summed E-state index contributed by atoms with van der Waals surface area (Å²) in [6.07, 6.45) is 0.899. The van der Waals surface area contributed by atoms with Gasteiger partial charge in [-0.3, -0.25) is 4.79 Å². The monoisotopic (exact) mass is 576 g/mol. The predicted octanol–water partition coefficient (Wildman–Crippen LogP) is 6.72. The van der Waals surface area contributed by atoms with E-state index in [1.807, 2.05) is 0 Å². The number of anilines is 2. The first-order valence-corrected chi connectivity index (χ1v) is 14.4. The molecule has 2 aromatic carbocycles. The average Bonchev–Trinajstić information content (AvgIpc) is 3.04. The molecule has 1 aromatic heterocycles. The van der Waals surface area contributed by atoms with Gasteiger partial charge in [0, 0.05) is 59.6 Å². The van der Waals surface area contributed by atoms with E-state index in [1.165, 1.54) is 24.5 Å². The molecule has 0 radical (unpaired) electrons. The van der Waals surface area contributed by atoms with Gasteiger partial charge in [-0.25, -0.2) is 22.8 Å². The second kappa shape index (κ2) is 11.3. The minimum atomic E-state index is -3.26. The van der Waals surface area contributed by atoms with Gasteiger partial charge in [0.1, 0.15) is 5.82 Å². The quantitative estimate of drug-likeness (QED) is 0.348. The summed E-state index contributed by atoms with van der Waals surface area (Å²) >= 11 is 6.04. The lowest BCUT2D eigenvalue weighted by Gasteiger charge is -2.26. The Balaban J connectivity index is 1.77. The molecule has 1 atom stereocenters. The molecule has 2 amide bonds. The molecule has 1 unspecified atom stereocenters. The van der Waals surface area contributed by atoms with Gasteiger partial charge in [-0.1, -0.05) is 29.8 Å². The summed E-state index contributed by atoms with van der Waals surface area (Å²) in [5.74, 6) is -3.04. The Kier molecular flexibility index (Phi) is 8.22. The van der Waals surface area contributed by atoms with E-state index in [4.69, 9.17) is 16.7 Å². The van der Waals surface area contributed by atoms with Crippen molar-refractivity contribution in [2.45, 2.75) is 37.0 Å². The maximum absolute atomic E-state index is 14.1. The Morgan fingerprint density at radius 3 is 2.56 bits per heavy atom. The molecule has 0 aliphatic carbocycles. The molecule has 206 valence electrons. The highest BCUT2D eigenvalue weighted by Crippen LogP contribution is 2.35. The van der Waals surface area contributed by atoms with Crippen molar-refractivity contribution in [1.82, 2.24) is 4.98 Å². The number of pyridine rings is 1. The number of nitrogens with zero attached hydrogens (tertiary/aromatic N) is 3. The SMILES string of the molecule is Cc1c(-c2ccc(Cl)cc2)cnc(N2CCCC(F)(F)CC2)c1C(=O)Nc1cccc(S(C)(=O)=NC(=O)O)c1. The van der Waals surface area contributed by atoms with E-state index in [1.54, 1.807) is 48.4 Å². The smallest absolute Gasteiger partial charge is 0.439 e. The highest BCUT2D eigenvalue weighted by Gasteiger charge is 2.33. The van der Waals surface area contributed by atoms with E-state index in [-0.39, 0.29) is 47.8 Å². The molecule has 1 saturated heterocycles. The molecule has 2 N–H and O–H groups in total. The van der Waals surface area contributed by atoms with E-state index < -0.39 is 27.7 Å². The first kappa shape index (κ1) is 28.4. The number of hydrogen-bond acceptors (Lipinski definition) is 5. The largest absolute Gasteiger partial charge is 0.463 e. The van der Waals surface area contributed by atoms with E-state index in [2.05, 4.69) is 14.7 Å². The lowest BCUT2D eigenvalue weighted by Crippen LogP contribution is -2.30. The van der Waals surface area contributed by atoms with E-state index >= 15 is 0 Å². The molecule has 0 saturated carbocycles. The number of carbonyl (C=O) groups excluding carboxylic acids is 1. The van der Waals surface area contributed by atoms with Gasteiger partial charge in [0.15, 0.2) is 0 Å².